The van der Waals surface area contributed by atoms with E-state index >= 15 is 0 Å². The lowest BCUT2D eigenvalue weighted by atomic mass is 10.2. The van der Waals surface area contributed by atoms with Crippen molar-refractivity contribution in [1.29, 1.82) is 0 Å². The third-order valence-electron chi connectivity index (χ3n) is 2.25. The first-order valence-corrected chi connectivity index (χ1v) is 6.43. The van der Waals surface area contributed by atoms with Crippen LogP contribution in [0, 0.1) is 0 Å². The molecule has 0 bridgehead atoms. The largest absolute Gasteiger partial charge is 0.480 e. The molecule has 0 aromatic carbocycles. The third-order valence-corrected chi connectivity index (χ3v) is 2.67. The number of carbonyl (C=O) groups is 4. The summed E-state index contributed by atoms with van der Waals surface area (Å²) in [5, 5.41) is 13.1. The normalized spacial score (nSPS) is 11.5. The molecule has 0 saturated heterocycles. The van der Waals surface area contributed by atoms with Crippen LogP contribution in [-0.2, 0) is 14.4 Å². The summed E-state index contributed by atoms with van der Waals surface area (Å²) in [5.41, 5.74) is 4.87. The van der Waals surface area contributed by atoms with E-state index in [-0.39, 0.29) is 5.76 Å². The van der Waals surface area contributed by atoms with E-state index in [1.54, 1.807) is 0 Å². The van der Waals surface area contributed by atoms with Gasteiger partial charge in [-0.15, -0.1) is 0 Å². The van der Waals surface area contributed by atoms with Crippen LogP contribution in [0.4, 0.5) is 0 Å². The predicted octanol–water partition coefficient (Wildman–Crippen LogP) is -0.783. The number of nitrogens with two attached hydrogens (primary N) is 1. The Morgan fingerprint density at radius 2 is 2.00 bits per heavy atom. The molecular formula is C11H12BrN3O6. The summed E-state index contributed by atoms with van der Waals surface area (Å²) >= 11 is 3.02. The zero-order valence-corrected chi connectivity index (χ0v) is 12.2. The number of carbonyl (C=O) groups excluding carboxylic acids is 3. The Kier molecular flexibility index (Phi) is 5.91. The van der Waals surface area contributed by atoms with Gasteiger partial charge in [-0.2, -0.15) is 0 Å². The van der Waals surface area contributed by atoms with Crippen molar-refractivity contribution in [2.45, 2.75) is 12.5 Å². The van der Waals surface area contributed by atoms with Crippen molar-refractivity contribution >= 4 is 39.6 Å². The molecule has 0 aliphatic carbocycles. The zero-order valence-electron chi connectivity index (χ0n) is 10.6. The smallest absolute Gasteiger partial charge is 0.326 e. The molecule has 1 aromatic rings. The maximum atomic E-state index is 11.6. The molecule has 9 nitrogen and oxygen atoms in total. The average Bonchev–Trinajstić information content (AvgIpc) is 2.81. The Morgan fingerprint density at radius 3 is 2.48 bits per heavy atom. The number of halogens is 1. The quantitative estimate of drug-likeness (QED) is 0.499. The minimum Gasteiger partial charge on any atom is -0.480 e. The zero-order chi connectivity index (χ0) is 16.0. The van der Waals surface area contributed by atoms with E-state index in [4.69, 9.17) is 15.3 Å². The van der Waals surface area contributed by atoms with E-state index in [0.29, 0.717) is 4.67 Å². The first-order valence-electron chi connectivity index (χ1n) is 5.63. The highest BCUT2D eigenvalue weighted by Crippen LogP contribution is 2.13. The van der Waals surface area contributed by atoms with Gasteiger partial charge in [-0.1, -0.05) is 0 Å². The number of amides is 3. The molecule has 10 heteroatoms. The van der Waals surface area contributed by atoms with Gasteiger partial charge in [0.15, 0.2) is 10.4 Å². The van der Waals surface area contributed by atoms with E-state index < -0.39 is 42.7 Å². The Morgan fingerprint density at radius 1 is 1.33 bits per heavy atom. The molecule has 1 atom stereocenters. The lowest BCUT2D eigenvalue weighted by Gasteiger charge is -2.12. The third kappa shape index (κ3) is 5.65. The Balaban J connectivity index is 2.47. The minimum atomic E-state index is -1.44. The van der Waals surface area contributed by atoms with Crippen LogP contribution in [0.1, 0.15) is 17.0 Å². The summed E-state index contributed by atoms with van der Waals surface area (Å²) in [6.07, 6.45) is -0.542. The Bertz CT molecular complexity index is 570. The van der Waals surface area contributed by atoms with Crippen molar-refractivity contribution < 1.29 is 28.7 Å². The van der Waals surface area contributed by atoms with Crippen LogP contribution >= 0.6 is 15.9 Å². The van der Waals surface area contributed by atoms with E-state index in [9.17, 15) is 19.2 Å². The SMILES string of the molecule is NC(=O)C[C@@H](NC(=O)CNC(=O)c1ccc(Br)o1)C(=O)O. The molecule has 0 saturated carbocycles. The van der Waals surface area contributed by atoms with Gasteiger partial charge in [0.05, 0.1) is 13.0 Å². The van der Waals surface area contributed by atoms with Gasteiger partial charge in [-0.3, -0.25) is 14.4 Å². The molecule has 1 aromatic heterocycles. The fraction of sp³-hybridized carbons (Fsp3) is 0.273. The highest BCUT2D eigenvalue weighted by Gasteiger charge is 2.22. The standard InChI is InChI=1S/C11H12BrN3O6/c12-7-2-1-6(21-7)10(18)14-4-9(17)15-5(11(19)20)3-8(13)16/h1-2,5H,3-4H2,(H2,13,16)(H,14,18)(H,15,17)(H,19,20)/t5-/m1/s1. The predicted molar refractivity (Wildman–Crippen MR) is 72.1 cm³/mol. The number of hydrogen-bond donors (Lipinski definition) is 4. The first-order chi connectivity index (χ1) is 9.79. The number of carboxylic acid groups (broad SMARTS) is 1. The fourth-order valence-electron chi connectivity index (χ4n) is 1.33. The van der Waals surface area contributed by atoms with Gasteiger partial charge in [0.25, 0.3) is 5.91 Å². The summed E-state index contributed by atoms with van der Waals surface area (Å²) in [7, 11) is 0. The van der Waals surface area contributed by atoms with Crippen molar-refractivity contribution in [2.24, 2.45) is 5.73 Å². The molecular weight excluding hydrogens is 350 g/mol. The lowest BCUT2D eigenvalue weighted by molar-refractivity contribution is -0.143. The molecule has 0 unspecified atom stereocenters. The van der Waals surface area contributed by atoms with Crippen LogP contribution in [0.15, 0.2) is 21.2 Å². The highest BCUT2D eigenvalue weighted by atomic mass is 79.9. The number of nitrogens with one attached hydrogen (secondary N) is 2. The molecule has 0 fully saturated rings. The maximum Gasteiger partial charge on any atom is 0.326 e. The van der Waals surface area contributed by atoms with E-state index in [1.165, 1.54) is 12.1 Å². The minimum absolute atomic E-state index is 0.0124. The van der Waals surface area contributed by atoms with Crippen molar-refractivity contribution in [1.82, 2.24) is 10.6 Å². The second-order valence-corrected chi connectivity index (χ2v) is 4.70. The summed E-state index contributed by atoms with van der Waals surface area (Å²) in [4.78, 5) is 44.5. The number of furan rings is 1. The van der Waals surface area contributed by atoms with Gasteiger partial charge in [0.2, 0.25) is 11.8 Å². The van der Waals surface area contributed by atoms with Crippen LogP contribution < -0.4 is 16.4 Å². The molecule has 3 amide bonds. The molecule has 1 heterocycles. The number of primary amides is 1. The van der Waals surface area contributed by atoms with Crippen LogP contribution in [0.2, 0.25) is 0 Å². The molecule has 0 spiro atoms. The van der Waals surface area contributed by atoms with Gasteiger partial charge in [-0.05, 0) is 28.1 Å². The van der Waals surface area contributed by atoms with Crippen LogP contribution in [0.3, 0.4) is 0 Å². The summed E-state index contributed by atoms with van der Waals surface area (Å²) in [6, 6.07) is 1.46. The Hall–Kier alpha value is -2.36. The summed E-state index contributed by atoms with van der Waals surface area (Å²) in [6.45, 7) is -0.473. The number of aliphatic carboxylic acids is 1. The Labute approximate surface area is 127 Å². The molecule has 1 rings (SSSR count). The lowest BCUT2D eigenvalue weighted by Crippen LogP contribution is -2.47. The molecule has 0 aliphatic rings. The van der Waals surface area contributed by atoms with E-state index in [1.807, 2.05) is 0 Å². The second-order valence-electron chi connectivity index (χ2n) is 3.92. The van der Waals surface area contributed by atoms with Crippen molar-refractivity contribution in [2.75, 3.05) is 6.54 Å². The average molecular weight is 362 g/mol. The van der Waals surface area contributed by atoms with Crippen molar-refractivity contribution in [3.63, 3.8) is 0 Å². The van der Waals surface area contributed by atoms with Gasteiger partial charge in [0.1, 0.15) is 6.04 Å². The second kappa shape index (κ2) is 7.43. The maximum absolute atomic E-state index is 11.6. The van der Waals surface area contributed by atoms with Gasteiger partial charge < -0.3 is 25.9 Å². The molecule has 21 heavy (non-hydrogen) atoms. The first kappa shape index (κ1) is 16.7. The van der Waals surface area contributed by atoms with Crippen LogP contribution in [0.25, 0.3) is 0 Å². The van der Waals surface area contributed by atoms with Crippen molar-refractivity contribution in [3.8, 4) is 0 Å². The van der Waals surface area contributed by atoms with Gasteiger partial charge in [0, 0.05) is 0 Å². The number of rotatable bonds is 7. The summed E-state index contributed by atoms with van der Waals surface area (Å²) < 4.78 is 5.32. The monoisotopic (exact) mass is 361 g/mol. The molecule has 114 valence electrons. The van der Waals surface area contributed by atoms with Gasteiger partial charge >= 0.3 is 5.97 Å². The molecule has 0 aliphatic heterocycles. The fourth-order valence-corrected chi connectivity index (χ4v) is 1.64. The van der Waals surface area contributed by atoms with Crippen LogP contribution in [0.5, 0.6) is 0 Å². The molecule has 5 N–H and O–H groups in total. The summed E-state index contributed by atoms with van der Waals surface area (Å²) in [5.74, 6) is -3.70. The topological polar surface area (TPSA) is 152 Å². The van der Waals surface area contributed by atoms with E-state index in [0.717, 1.165) is 0 Å². The van der Waals surface area contributed by atoms with Gasteiger partial charge in [-0.25, -0.2) is 4.79 Å². The van der Waals surface area contributed by atoms with Crippen LogP contribution in [-0.4, -0.2) is 41.4 Å². The highest BCUT2D eigenvalue weighted by molar-refractivity contribution is 9.10. The van der Waals surface area contributed by atoms with E-state index in [2.05, 4.69) is 26.6 Å². The molecule has 0 radical (unpaired) electrons. The number of carboxylic acids is 1. The van der Waals surface area contributed by atoms with Crippen molar-refractivity contribution in [3.05, 3.63) is 22.6 Å². The number of hydrogen-bond acceptors (Lipinski definition) is 5.